The number of halogens is 1. The number of pyridine rings is 1. The Hall–Kier alpha value is -3.87. The average molecular weight is 512 g/mol. The number of aliphatic imine (C=N–C) groups is 1. The van der Waals surface area contributed by atoms with Gasteiger partial charge in [0.25, 0.3) is 5.91 Å². The van der Waals surface area contributed by atoms with Crippen LogP contribution < -0.4 is 9.64 Å². The number of ether oxygens (including phenoxy) is 1. The van der Waals surface area contributed by atoms with Crippen LogP contribution in [0, 0.1) is 6.92 Å². The summed E-state index contributed by atoms with van der Waals surface area (Å²) in [5.74, 6) is 1.19. The maximum Gasteiger partial charge on any atom is 0.271 e. The molecule has 1 aliphatic rings. The second-order valence-corrected chi connectivity index (χ2v) is 9.55. The maximum absolute atomic E-state index is 13.4. The summed E-state index contributed by atoms with van der Waals surface area (Å²) in [6.07, 6.45) is 1.87. The molecule has 1 aromatic heterocycles. The molecule has 0 unspecified atom stereocenters. The third-order valence-corrected chi connectivity index (χ3v) is 6.62. The molecule has 1 aliphatic heterocycles. The van der Waals surface area contributed by atoms with E-state index in [1.54, 1.807) is 4.90 Å². The Morgan fingerprint density at radius 1 is 0.944 bits per heavy atom. The standard InChI is InChI=1S/C29H22ClN3O2S/c1-20-6-5-9-27(31-20)32-29-33(24-7-3-2-4-8-24)28(34)26(36-29)18-21-12-16-25(17-13-21)35-19-22-10-14-23(30)15-11-22/h2-18H,19H2,1H3/b26-18-,32-29+. The van der Waals surface area contributed by atoms with E-state index in [2.05, 4.69) is 4.98 Å². The smallest absolute Gasteiger partial charge is 0.271 e. The fourth-order valence-electron chi connectivity index (χ4n) is 3.60. The monoisotopic (exact) mass is 511 g/mol. The summed E-state index contributed by atoms with van der Waals surface area (Å²) in [5.41, 5.74) is 3.56. The van der Waals surface area contributed by atoms with Crippen molar-refractivity contribution in [3.05, 3.63) is 124 Å². The Morgan fingerprint density at radius 3 is 2.42 bits per heavy atom. The van der Waals surface area contributed by atoms with E-state index in [-0.39, 0.29) is 5.91 Å². The van der Waals surface area contributed by atoms with Crippen LogP contribution in [-0.2, 0) is 11.4 Å². The normalized spacial score (nSPS) is 15.6. The van der Waals surface area contributed by atoms with E-state index in [1.165, 1.54) is 11.8 Å². The topological polar surface area (TPSA) is 54.8 Å². The third-order valence-electron chi connectivity index (χ3n) is 5.40. The van der Waals surface area contributed by atoms with Crippen molar-refractivity contribution >= 4 is 52.0 Å². The van der Waals surface area contributed by atoms with Crippen molar-refractivity contribution in [3.8, 4) is 5.75 Å². The lowest BCUT2D eigenvalue weighted by Gasteiger charge is -2.15. The minimum Gasteiger partial charge on any atom is -0.489 e. The molecule has 178 valence electrons. The Balaban J connectivity index is 1.37. The van der Waals surface area contributed by atoms with Gasteiger partial charge in [-0.2, -0.15) is 0 Å². The van der Waals surface area contributed by atoms with Gasteiger partial charge < -0.3 is 4.74 Å². The molecule has 5 rings (SSSR count). The number of carbonyl (C=O) groups is 1. The highest BCUT2D eigenvalue weighted by atomic mass is 35.5. The van der Waals surface area contributed by atoms with Crippen LogP contribution in [0.2, 0.25) is 5.02 Å². The Labute approximate surface area is 219 Å². The van der Waals surface area contributed by atoms with Gasteiger partial charge in [0.1, 0.15) is 12.4 Å². The summed E-state index contributed by atoms with van der Waals surface area (Å²) in [6, 6.07) is 30.4. The summed E-state index contributed by atoms with van der Waals surface area (Å²) in [7, 11) is 0. The molecule has 0 atom stereocenters. The van der Waals surface area contributed by atoms with Crippen molar-refractivity contribution in [2.24, 2.45) is 4.99 Å². The summed E-state index contributed by atoms with van der Waals surface area (Å²) in [4.78, 5) is 24.8. The lowest BCUT2D eigenvalue weighted by atomic mass is 10.2. The third kappa shape index (κ3) is 5.67. The maximum atomic E-state index is 13.4. The molecule has 1 fully saturated rings. The highest BCUT2D eigenvalue weighted by Crippen LogP contribution is 2.37. The number of anilines is 1. The molecule has 5 nitrogen and oxygen atoms in total. The highest BCUT2D eigenvalue weighted by molar-refractivity contribution is 8.19. The number of aromatic nitrogens is 1. The largest absolute Gasteiger partial charge is 0.489 e. The van der Waals surface area contributed by atoms with Crippen LogP contribution in [0.5, 0.6) is 5.75 Å². The van der Waals surface area contributed by atoms with Gasteiger partial charge in [-0.3, -0.25) is 9.69 Å². The number of amides is 1. The van der Waals surface area contributed by atoms with E-state index in [4.69, 9.17) is 21.3 Å². The number of nitrogens with zero attached hydrogens (tertiary/aromatic N) is 3. The van der Waals surface area contributed by atoms with Crippen LogP contribution in [0.25, 0.3) is 6.08 Å². The number of carbonyl (C=O) groups excluding carboxylic acids is 1. The molecular formula is C29H22ClN3O2S. The van der Waals surface area contributed by atoms with Crippen molar-refractivity contribution in [2.45, 2.75) is 13.5 Å². The van der Waals surface area contributed by atoms with Crippen molar-refractivity contribution in [3.63, 3.8) is 0 Å². The Bertz CT molecular complexity index is 1440. The van der Waals surface area contributed by atoms with E-state index >= 15 is 0 Å². The van der Waals surface area contributed by atoms with Gasteiger partial charge in [-0.1, -0.05) is 60.1 Å². The van der Waals surface area contributed by atoms with Crippen LogP contribution in [0.4, 0.5) is 11.5 Å². The minimum atomic E-state index is -0.124. The van der Waals surface area contributed by atoms with E-state index in [9.17, 15) is 4.79 Å². The second kappa shape index (κ2) is 10.8. The Morgan fingerprint density at radius 2 is 1.69 bits per heavy atom. The fourth-order valence-corrected chi connectivity index (χ4v) is 4.72. The first-order valence-electron chi connectivity index (χ1n) is 11.3. The van der Waals surface area contributed by atoms with Gasteiger partial charge in [-0.15, -0.1) is 0 Å². The van der Waals surface area contributed by atoms with Crippen molar-refractivity contribution < 1.29 is 9.53 Å². The highest BCUT2D eigenvalue weighted by Gasteiger charge is 2.34. The van der Waals surface area contributed by atoms with E-state index in [0.29, 0.717) is 27.5 Å². The van der Waals surface area contributed by atoms with Gasteiger partial charge >= 0.3 is 0 Å². The number of para-hydroxylation sites is 1. The number of hydrogen-bond donors (Lipinski definition) is 0. The van der Waals surface area contributed by atoms with Crippen LogP contribution in [0.3, 0.4) is 0 Å². The van der Waals surface area contributed by atoms with E-state index in [0.717, 1.165) is 28.3 Å². The van der Waals surface area contributed by atoms with Crippen molar-refractivity contribution in [1.82, 2.24) is 4.98 Å². The molecular weight excluding hydrogens is 490 g/mol. The molecule has 0 saturated carbocycles. The molecule has 0 aliphatic carbocycles. The zero-order chi connectivity index (χ0) is 24.9. The molecule has 1 saturated heterocycles. The molecule has 3 aromatic carbocycles. The van der Waals surface area contributed by atoms with Crippen LogP contribution in [-0.4, -0.2) is 16.1 Å². The molecule has 2 heterocycles. The zero-order valence-corrected chi connectivity index (χ0v) is 21.0. The number of amidine groups is 1. The number of aryl methyl sites for hydroxylation is 1. The minimum absolute atomic E-state index is 0.124. The molecule has 7 heteroatoms. The first kappa shape index (κ1) is 23.9. The van der Waals surface area contributed by atoms with Gasteiger partial charge in [-0.25, -0.2) is 9.98 Å². The molecule has 0 N–H and O–H groups in total. The van der Waals surface area contributed by atoms with Gasteiger partial charge in [-0.05, 0) is 84.4 Å². The molecule has 0 spiro atoms. The number of benzene rings is 3. The first-order valence-corrected chi connectivity index (χ1v) is 12.5. The molecule has 4 aromatic rings. The van der Waals surface area contributed by atoms with Crippen molar-refractivity contribution in [2.75, 3.05) is 4.90 Å². The summed E-state index contributed by atoms with van der Waals surface area (Å²) in [6.45, 7) is 2.37. The predicted molar refractivity (Wildman–Crippen MR) is 148 cm³/mol. The van der Waals surface area contributed by atoms with Gasteiger partial charge in [0.05, 0.1) is 10.6 Å². The van der Waals surface area contributed by atoms with Crippen LogP contribution in [0.1, 0.15) is 16.8 Å². The van der Waals surface area contributed by atoms with Gasteiger partial charge in [0, 0.05) is 10.7 Å². The number of hydrogen-bond acceptors (Lipinski definition) is 5. The zero-order valence-electron chi connectivity index (χ0n) is 19.5. The summed E-state index contributed by atoms with van der Waals surface area (Å²) in [5, 5.41) is 1.27. The van der Waals surface area contributed by atoms with E-state index in [1.807, 2.05) is 110 Å². The quantitative estimate of drug-likeness (QED) is 0.252. The van der Waals surface area contributed by atoms with E-state index < -0.39 is 0 Å². The summed E-state index contributed by atoms with van der Waals surface area (Å²) < 4.78 is 5.88. The van der Waals surface area contributed by atoms with Gasteiger partial charge in [0.2, 0.25) is 0 Å². The lowest BCUT2D eigenvalue weighted by molar-refractivity contribution is -0.113. The fraction of sp³-hybridized carbons (Fsp3) is 0.0690. The first-order chi connectivity index (χ1) is 17.5. The van der Waals surface area contributed by atoms with Gasteiger partial charge in [0.15, 0.2) is 11.0 Å². The van der Waals surface area contributed by atoms with Crippen molar-refractivity contribution in [1.29, 1.82) is 0 Å². The lowest BCUT2D eigenvalue weighted by Crippen LogP contribution is -2.28. The molecule has 1 amide bonds. The number of rotatable bonds is 6. The van der Waals surface area contributed by atoms with Crippen LogP contribution >= 0.6 is 23.4 Å². The number of thioether (sulfide) groups is 1. The second-order valence-electron chi connectivity index (χ2n) is 8.10. The summed E-state index contributed by atoms with van der Waals surface area (Å²) >= 11 is 7.28. The molecule has 36 heavy (non-hydrogen) atoms. The average Bonchev–Trinajstić information content (AvgIpc) is 3.19. The molecule has 0 radical (unpaired) electrons. The Kier molecular flexibility index (Phi) is 7.16. The molecule has 0 bridgehead atoms. The predicted octanol–water partition coefficient (Wildman–Crippen LogP) is 7.43. The van der Waals surface area contributed by atoms with Crippen LogP contribution in [0.15, 0.2) is 107 Å². The SMILES string of the molecule is Cc1cccc(/N=C2/S/C(=C\c3ccc(OCc4ccc(Cl)cc4)cc3)C(=O)N2c2ccccc2)n1.